The summed E-state index contributed by atoms with van der Waals surface area (Å²) in [6, 6.07) is 0.132. The first-order chi connectivity index (χ1) is 7.58. The van der Waals surface area contributed by atoms with Gasteiger partial charge in [-0.05, 0) is 26.7 Å². The van der Waals surface area contributed by atoms with E-state index in [1.54, 1.807) is 0 Å². The first-order valence-electron chi connectivity index (χ1n) is 5.57. The quantitative estimate of drug-likeness (QED) is 0.804. The maximum atomic E-state index is 12.2. The molecule has 0 bridgehead atoms. The number of piperidine rings is 1. The van der Waals surface area contributed by atoms with Crippen LogP contribution in [-0.2, 0) is 0 Å². The normalized spacial score (nSPS) is 21.2. The van der Waals surface area contributed by atoms with Crippen molar-refractivity contribution in [3.8, 4) is 0 Å². The summed E-state index contributed by atoms with van der Waals surface area (Å²) in [7, 11) is 0. The zero-order valence-corrected chi connectivity index (χ0v) is 10.5. The van der Waals surface area contributed by atoms with E-state index in [2.05, 4.69) is 4.98 Å². The van der Waals surface area contributed by atoms with Crippen molar-refractivity contribution in [1.82, 2.24) is 9.88 Å². The molecule has 16 heavy (non-hydrogen) atoms. The molecule has 2 N–H and O–H groups in total. The smallest absolute Gasteiger partial charge is 0.265 e. The van der Waals surface area contributed by atoms with Crippen molar-refractivity contribution in [1.29, 1.82) is 0 Å². The summed E-state index contributed by atoms with van der Waals surface area (Å²) in [6.07, 6.45) is 2.02. The molecule has 1 aliphatic heterocycles. The molecule has 88 valence electrons. The molecule has 0 unspecified atom stereocenters. The minimum absolute atomic E-state index is 0.0956. The number of hydrogen-bond donors (Lipinski definition) is 1. The third kappa shape index (κ3) is 2.25. The first kappa shape index (κ1) is 11.5. The highest BCUT2D eigenvalue weighted by Crippen LogP contribution is 2.21. The average molecular weight is 239 g/mol. The van der Waals surface area contributed by atoms with Gasteiger partial charge in [0.15, 0.2) is 0 Å². The van der Waals surface area contributed by atoms with Gasteiger partial charge in [-0.15, -0.1) is 11.3 Å². The van der Waals surface area contributed by atoms with Crippen LogP contribution in [0, 0.1) is 13.8 Å². The number of amides is 1. The molecular weight excluding hydrogens is 222 g/mol. The Morgan fingerprint density at radius 2 is 2.31 bits per heavy atom. The molecule has 1 saturated heterocycles. The molecule has 0 aliphatic carbocycles. The fourth-order valence-corrected chi connectivity index (χ4v) is 2.96. The lowest BCUT2D eigenvalue weighted by atomic mass is 10.1. The highest BCUT2D eigenvalue weighted by molar-refractivity contribution is 7.13. The van der Waals surface area contributed by atoms with Gasteiger partial charge in [0, 0.05) is 19.1 Å². The minimum Gasteiger partial charge on any atom is -0.336 e. The van der Waals surface area contributed by atoms with Gasteiger partial charge in [0.25, 0.3) is 5.91 Å². The van der Waals surface area contributed by atoms with Crippen LogP contribution >= 0.6 is 11.3 Å². The molecule has 0 radical (unpaired) electrons. The molecule has 4 nitrogen and oxygen atoms in total. The summed E-state index contributed by atoms with van der Waals surface area (Å²) in [5, 5.41) is 0.946. The zero-order chi connectivity index (χ0) is 11.7. The number of thiazole rings is 1. The van der Waals surface area contributed by atoms with E-state index in [0.29, 0.717) is 6.54 Å². The van der Waals surface area contributed by atoms with Gasteiger partial charge in [-0.1, -0.05) is 0 Å². The standard InChI is InChI=1S/C11H17N3OS/c1-7-10(16-8(2)13-7)11(15)14-5-3-4-9(12)6-14/h9H,3-6,12H2,1-2H3/t9-/m1/s1. The molecule has 2 heterocycles. The lowest BCUT2D eigenvalue weighted by Gasteiger charge is -2.30. The second-order valence-corrected chi connectivity index (χ2v) is 5.50. The van der Waals surface area contributed by atoms with E-state index in [1.165, 1.54) is 11.3 Å². The van der Waals surface area contributed by atoms with Crippen molar-refractivity contribution < 1.29 is 4.79 Å². The lowest BCUT2D eigenvalue weighted by molar-refractivity contribution is 0.0713. The van der Waals surface area contributed by atoms with Crippen molar-refractivity contribution in [3.05, 3.63) is 15.6 Å². The Balaban J connectivity index is 2.15. The Labute approximate surface area is 99.5 Å². The van der Waals surface area contributed by atoms with Crippen LogP contribution in [0.2, 0.25) is 0 Å². The SMILES string of the molecule is Cc1nc(C)c(C(=O)N2CCC[C@@H](N)C2)s1. The van der Waals surface area contributed by atoms with Crippen molar-refractivity contribution >= 4 is 17.2 Å². The summed E-state index contributed by atoms with van der Waals surface area (Å²) in [6.45, 7) is 5.31. The molecule has 1 atom stereocenters. The topological polar surface area (TPSA) is 59.2 Å². The fourth-order valence-electron chi connectivity index (χ4n) is 2.07. The Kier molecular flexibility index (Phi) is 3.25. The summed E-state index contributed by atoms with van der Waals surface area (Å²) < 4.78 is 0. The predicted molar refractivity (Wildman–Crippen MR) is 64.7 cm³/mol. The van der Waals surface area contributed by atoms with Gasteiger partial charge in [-0.2, -0.15) is 0 Å². The molecule has 0 aromatic carbocycles. The molecule has 1 aliphatic rings. The van der Waals surface area contributed by atoms with E-state index < -0.39 is 0 Å². The molecule has 1 aromatic rings. The highest BCUT2D eigenvalue weighted by Gasteiger charge is 2.24. The third-order valence-electron chi connectivity index (χ3n) is 2.84. The number of aromatic nitrogens is 1. The largest absolute Gasteiger partial charge is 0.336 e. The van der Waals surface area contributed by atoms with Crippen molar-refractivity contribution in [2.24, 2.45) is 5.73 Å². The van der Waals surface area contributed by atoms with Gasteiger partial charge >= 0.3 is 0 Å². The molecule has 1 aromatic heterocycles. The monoisotopic (exact) mass is 239 g/mol. The van der Waals surface area contributed by atoms with E-state index >= 15 is 0 Å². The number of nitrogens with two attached hydrogens (primary N) is 1. The van der Waals surface area contributed by atoms with Crippen molar-refractivity contribution in [2.75, 3.05) is 13.1 Å². The van der Waals surface area contributed by atoms with E-state index in [-0.39, 0.29) is 11.9 Å². The number of carbonyl (C=O) groups excluding carboxylic acids is 1. The van der Waals surface area contributed by atoms with Crippen LogP contribution in [0.4, 0.5) is 0 Å². The van der Waals surface area contributed by atoms with Crippen LogP contribution in [-0.4, -0.2) is 34.9 Å². The van der Waals surface area contributed by atoms with Crippen LogP contribution in [0.25, 0.3) is 0 Å². The van der Waals surface area contributed by atoms with E-state index in [9.17, 15) is 4.79 Å². The van der Waals surface area contributed by atoms with Crippen LogP contribution in [0.15, 0.2) is 0 Å². The minimum atomic E-state index is 0.0956. The van der Waals surface area contributed by atoms with Crippen LogP contribution in [0.3, 0.4) is 0 Å². The van der Waals surface area contributed by atoms with Crippen molar-refractivity contribution in [2.45, 2.75) is 32.7 Å². The number of rotatable bonds is 1. The first-order valence-corrected chi connectivity index (χ1v) is 6.38. The highest BCUT2D eigenvalue weighted by atomic mass is 32.1. The molecular formula is C11H17N3OS. The third-order valence-corrected chi connectivity index (χ3v) is 3.90. The van der Waals surface area contributed by atoms with Gasteiger partial charge in [-0.25, -0.2) is 4.98 Å². The Bertz CT molecular complexity index is 402. The molecule has 0 spiro atoms. The summed E-state index contributed by atoms with van der Waals surface area (Å²) in [4.78, 5) is 19.1. The summed E-state index contributed by atoms with van der Waals surface area (Å²) in [5.41, 5.74) is 6.72. The van der Waals surface area contributed by atoms with E-state index in [0.717, 1.165) is 35.0 Å². The molecule has 5 heteroatoms. The number of nitrogens with zero attached hydrogens (tertiary/aromatic N) is 2. The molecule has 1 fully saturated rings. The maximum absolute atomic E-state index is 12.2. The number of likely N-dealkylation sites (tertiary alicyclic amines) is 1. The van der Waals surface area contributed by atoms with Gasteiger partial charge in [0.05, 0.1) is 10.7 Å². The predicted octanol–water partition coefficient (Wildman–Crippen LogP) is 1.32. The maximum Gasteiger partial charge on any atom is 0.265 e. The number of aryl methyl sites for hydroxylation is 2. The van der Waals surface area contributed by atoms with Gasteiger partial charge in [-0.3, -0.25) is 4.79 Å². The van der Waals surface area contributed by atoms with Crippen LogP contribution < -0.4 is 5.73 Å². The molecule has 1 amide bonds. The van der Waals surface area contributed by atoms with Gasteiger partial charge < -0.3 is 10.6 Å². The van der Waals surface area contributed by atoms with Crippen molar-refractivity contribution in [3.63, 3.8) is 0 Å². The van der Waals surface area contributed by atoms with Crippen LogP contribution in [0.5, 0.6) is 0 Å². The molecule has 2 rings (SSSR count). The summed E-state index contributed by atoms with van der Waals surface area (Å²) >= 11 is 1.47. The number of carbonyl (C=O) groups is 1. The van der Waals surface area contributed by atoms with E-state index in [4.69, 9.17) is 5.73 Å². The number of hydrogen-bond acceptors (Lipinski definition) is 4. The fraction of sp³-hybridized carbons (Fsp3) is 0.636. The summed E-state index contributed by atoms with van der Waals surface area (Å²) in [5.74, 6) is 0.0956. The second-order valence-electron chi connectivity index (χ2n) is 4.30. The van der Waals surface area contributed by atoms with Crippen LogP contribution in [0.1, 0.15) is 33.2 Å². The Morgan fingerprint density at radius 3 is 2.88 bits per heavy atom. The molecule has 0 saturated carbocycles. The lowest BCUT2D eigenvalue weighted by Crippen LogP contribution is -2.45. The van der Waals surface area contributed by atoms with Gasteiger partial charge in [0.1, 0.15) is 4.88 Å². The average Bonchev–Trinajstić information content (AvgIpc) is 2.57. The van der Waals surface area contributed by atoms with E-state index in [1.807, 2.05) is 18.7 Å². The Hall–Kier alpha value is -0.940. The van der Waals surface area contributed by atoms with Gasteiger partial charge in [0.2, 0.25) is 0 Å². The zero-order valence-electron chi connectivity index (χ0n) is 9.69. The Morgan fingerprint density at radius 1 is 1.56 bits per heavy atom. The second kappa shape index (κ2) is 4.51.